The van der Waals surface area contributed by atoms with E-state index in [4.69, 9.17) is 9.47 Å². The van der Waals surface area contributed by atoms with Gasteiger partial charge in [-0.2, -0.15) is 21.6 Å². The van der Waals surface area contributed by atoms with Crippen LogP contribution in [-0.4, -0.2) is 78.1 Å². The maximum Gasteiger partial charge on any atom is 0.534 e. The highest BCUT2D eigenvalue weighted by Gasteiger charge is 2.49. The van der Waals surface area contributed by atoms with Crippen LogP contribution in [0, 0.1) is 0 Å². The van der Waals surface area contributed by atoms with Crippen molar-refractivity contribution in [2.45, 2.75) is 102 Å². The normalized spacial score (nSPS) is 18.9. The molecule has 0 bridgehead atoms. The molecule has 14 heteroatoms. The van der Waals surface area contributed by atoms with E-state index < -0.39 is 39.0 Å². The Morgan fingerprint density at radius 1 is 0.755 bits per heavy atom. The molecule has 0 aliphatic carbocycles. The number of halogens is 3. The third-order valence-corrected chi connectivity index (χ3v) is 8.31. The lowest BCUT2D eigenvalue weighted by Crippen LogP contribution is -2.49. The number of hydrogen-bond donors (Lipinski definition) is 0. The number of rotatable bonds is 6. The van der Waals surface area contributed by atoms with Gasteiger partial charge in [-0.3, -0.25) is 4.79 Å². The van der Waals surface area contributed by atoms with E-state index in [1.807, 2.05) is 51.1 Å². The number of likely N-dealkylation sites (tertiary alicyclic amines) is 1. The largest absolute Gasteiger partial charge is 0.534 e. The molecule has 1 saturated heterocycles. The molecule has 0 aromatic heterocycles. The summed E-state index contributed by atoms with van der Waals surface area (Å²) in [6.07, 6.45) is 1.81. The first kappa shape index (κ1) is 39.4. The third kappa shape index (κ3) is 12.7. The van der Waals surface area contributed by atoms with Crippen LogP contribution in [0.2, 0.25) is 0 Å². The van der Waals surface area contributed by atoms with E-state index in [2.05, 4.69) is 4.18 Å². The molecule has 10 nitrogen and oxygen atoms in total. The lowest BCUT2D eigenvalue weighted by molar-refractivity contribution is -0.122. The quantitative estimate of drug-likeness (QED) is 0.228. The molecule has 2 aliphatic rings. The van der Waals surface area contributed by atoms with Gasteiger partial charge in [0.2, 0.25) is 0 Å². The highest BCUT2D eigenvalue weighted by Crippen LogP contribution is 2.31. The second-order valence-corrected chi connectivity index (χ2v) is 15.4. The Bertz CT molecular complexity index is 1570. The first-order chi connectivity index (χ1) is 22.6. The van der Waals surface area contributed by atoms with Gasteiger partial charge in [0.15, 0.2) is 0 Å². The minimum atomic E-state index is -5.76. The van der Waals surface area contributed by atoms with E-state index in [0.717, 1.165) is 17.2 Å². The molecule has 2 atom stereocenters. The Morgan fingerprint density at radius 3 is 1.65 bits per heavy atom. The predicted octanol–water partition coefficient (Wildman–Crippen LogP) is 7.19. The van der Waals surface area contributed by atoms with Crippen LogP contribution < -0.4 is 0 Å². The van der Waals surface area contributed by atoms with Gasteiger partial charge < -0.3 is 23.5 Å². The van der Waals surface area contributed by atoms with E-state index in [-0.39, 0.29) is 36.6 Å². The van der Waals surface area contributed by atoms with Crippen LogP contribution in [0.25, 0.3) is 0 Å². The lowest BCUT2D eigenvalue weighted by Gasteiger charge is -2.36. The van der Waals surface area contributed by atoms with Crippen molar-refractivity contribution in [1.29, 1.82) is 0 Å². The van der Waals surface area contributed by atoms with Crippen LogP contribution in [0.1, 0.15) is 71.9 Å². The van der Waals surface area contributed by atoms with Gasteiger partial charge in [-0.1, -0.05) is 60.7 Å². The van der Waals surface area contributed by atoms with Crippen LogP contribution in [0.4, 0.5) is 22.8 Å². The van der Waals surface area contributed by atoms with Crippen molar-refractivity contribution in [2.75, 3.05) is 13.1 Å². The summed E-state index contributed by atoms with van der Waals surface area (Å²) in [6.45, 7) is 11.0. The Kier molecular flexibility index (Phi) is 12.9. The van der Waals surface area contributed by atoms with Crippen LogP contribution in [0.15, 0.2) is 72.5 Å². The number of carbonyl (C=O) groups excluding carboxylic acids is 3. The highest BCUT2D eigenvalue weighted by molar-refractivity contribution is 7.87. The van der Waals surface area contributed by atoms with Gasteiger partial charge in [0, 0.05) is 44.4 Å². The number of nitrogens with zero attached hydrogens (tertiary/aromatic N) is 2. The van der Waals surface area contributed by atoms with Crippen molar-refractivity contribution in [3.8, 4) is 0 Å². The molecule has 4 rings (SSSR count). The van der Waals surface area contributed by atoms with E-state index in [0.29, 0.717) is 32.2 Å². The molecule has 0 unspecified atom stereocenters. The van der Waals surface area contributed by atoms with E-state index in [9.17, 15) is 36.0 Å². The van der Waals surface area contributed by atoms with Gasteiger partial charge in [0.05, 0.1) is 0 Å². The van der Waals surface area contributed by atoms with Gasteiger partial charge in [-0.25, -0.2) is 9.59 Å². The maximum atomic E-state index is 12.6. The Hall–Kier alpha value is -4.07. The highest BCUT2D eigenvalue weighted by atomic mass is 32.2. The average Bonchev–Trinajstić information content (AvgIpc) is 2.96. The van der Waals surface area contributed by atoms with Gasteiger partial charge in [-0.05, 0) is 71.6 Å². The average molecular weight is 711 g/mol. The van der Waals surface area contributed by atoms with E-state index in [1.54, 1.807) is 56.0 Å². The summed E-state index contributed by atoms with van der Waals surface area (Å²) in [6, 6.07) is 18.2. The lowest BCUT2D eigenvalue weighted by atomic mass is 9.95. The predicted molar refractivity (Wildman–Crippen MR) is 177 cm³/mol. The third-order valence-electron chi connectivity index (χ3n) is 7.31. The summed E-state index contributed by atoms with van der Waals surface area (Å²) in [5.74, 6) is -0.131. The molecule has 0 N–H and O–H groups in total. The molecule has 2 aromatic rings. The smallest absolute Gasteiger partial charge is 0.444 e. The number of hydrogen-bond acceptors (Lipinski definition) is 8. The van der Waals surface area contributed by atoms with Gasteiger partial charge in [0.25, 0.3) is 0 Å². The molecule has 2 heterocycles. The van der Waals surface area contributed by atoms with Gasteiger partial charge in [-0.15, -0.1) is 0 Å². The van der Waals surface area contributed by atoms with Crippen LogP contribution in [0.3, 0.4) is 0 Å². The first-order valence-electron chi connectivity index (χ1n) is 15.9. The fourth-order valence-electron chi connectivity index (χ4n) is 5.18. The molecule has 1 fully saturated rings. The molecule has 0 radical (unpaired) electrons. The van der Waals surface area contributed by atoms with E-state index in [1.165, 1.54) is 4.90 Å². The molecule has 49 heavy (non-hydrogen) atoms. The zero-order valence-electron chi connectivity index (χ0n) is 28.7. The van der Waals surface area contributed by atoms with Crippen molar-refractivity contribution in [3.63, 3.8) is 0 Å². The first-order valence-corrected chi connectivity index (χ1v) is 17.3. The summed E-state index contributed by atoms with van der Waals surface area (Å²) in [7, 11) is -5.76. The molecule has 2 aromatic carbocycles. The van der Waals surface area contributed by atoms with Crippen molar-refractivity contribution >= 4 is 28.1 Å². The number of benzene rings is 2. The summed E-state index contributed by atoms with van der Waals surface area (Å²) in [5, 5.41) is 0. The fourth-order valence-corrected chi connectivity index (χ4v) is 5.69. The Labute approximate surface area is 286 Å². The van der Waals surface area contributed by atoms with Crippen molar-refractivity contribution in [3.05, 3.63) is 83.6 Å². The summed E-state index contributed by atoms with van der Waals surface area (Å²) in [4.78, 5) is 39.6. The molecule has 0 saturated carbocycles. The molecule has 270 valence electrons. The molecule has 2 amide bonds. The Morgan fingerprint density at radius 2 is 1.20 bits per heavy atom. The number of amides is 2. The van der Waals surface area contributed by atoms with E-state index >= 15 is 0 Å². The molecular weight excluding hydrogens is 665 g/mol. The molecule has 0 spiro atoms. The SMILES string of the molecule is CC(C)(C)OC(=O)N1CC=C(OS(=O)(=O)C(F)(F)F)C[C@H]1Cc1ccccc1.CC(C)(C)OC(=O)N1CCC(=O)C[C@H]1Cc1ccccc1. The summed E-state index contributed by atoms with van der Waals surface area (Å²) in [5.41, 5.74) is -4.83. The van der Waals surface area contributed by atoms with Crippen molar-refractivity contribution in [1.82, 2.24) is 9.80 Å². The summed E-state index contributed by atoms with van der Waals surface area (Å²) < 4.78 is 75.5. The number of carbonyl (C=O) groups is 3. The van der Waals surface area contributed by atoms with Crippen molar-refractivity contribution < 1.29 is 49.6 Å². The standard InChI is InChI=1S/C18H22F3NO5S.C17H23NO3/c1-17(2,3)26-16(23)22-10-9-15(27-28(24,25)18(19,20)21)12-14(22)11-13-7-5-4-6-8-13;1-17(2,3)21-16(20)18-10-9-15(19)12-14(18)11-13-7-5-4-6-8-13/h4-9,14H,10-12H2,1-3H3;4-8,14H,9-12H2,1-3H3/t2*14-/m11/s1. The number of alkyl halides is 3. The van der Waals surface area contributed by atoms with Crippen LogP contribution in [0.5, 0.6) is 0 Å². The minimum Gasteiger partial charge on any atom is -0.444 e. The monoisotopic (exact) mass is 710 g/mol. The topological polar surface area (TPSA) is 120 Å². The number of ether oxygens (including phenoxy) is 2. The number of ketones is 1. The van der Waals surface area contributed by atoms with Gasteiger partial charge in [0.1, 0.15) is 22.7 Å². The van der Waals surface area contributed by atoms with Crippen LogP contribution >= 0.6 is 0 Å². The zero-order valence-corrected chi connectivity index (χ0v) is 29.5. The van der Waals surface area contributed by atoms with Crippen LogP contribution in [-0.2, 0) is 41.4 Å². The second kappa shape index (κ2) is 16.1. The fraction of sp³-hybridized carbons (Fsp3) is 0.514. The zero-order chi connectivity index (χ0) is 36.6. The van der Waals surface area contributed by atoms with Crippen molar-refractivity contribution in [2.24, 2.45) is 0 Å². The van der Waals surface area contributed by atoms with Gasteiger partial charge >= 0.3 is 27.8 Å². The molecule has 2 aliphatic heterocycles. The summed E-state index contributed by atoms with van der Waals surface area (Å²) >= 11 is 0. The Balaban J connectivity index is 0.000000276. The minimum absolute atomic E-state index is 0.108. The second-order valence-electron chi connectivity index (χ2n) is 13.8. The molecular formula is C35H45F3N2O8S. The number of piperidine rings is 1. The number of Topliss-reactive ketones (excluding diaryl/α,β-unsaturated/α-hetero) is 1. The maximum absolute atomic E-state index is 12.6.